The first-order chi connectivity index (χ1) is 13.9. The Labute approximate surface area is 171 Å². The number of hydrogen-bond donors (Lipinski definition) is 0. The van der Waals surface area contributed by atoms with Crippen molar-refractivity contribution in [2.75, 3.05) is 40.3 Å². The van der Waals surface area contributed by atoms with Gasteiger partial charge in [-0.2, -0.15) is 0 Å². The van der Waals surface area contributed by atoms with Crippen LogP contribution < -0.4 is 4.74 Å². The van der Waals surface area contributed by atoms with Gasteiger partial charge in [-0.3, -0.25) is 4.79 Å². The number of carbonyl (C=O) groups excluding carboxylic acids is 1. The highest BCUT2D eigenvalue weighted by molar-refractivity contribution is 5.94. The number of likely N-dealkylation sites (tertiary alicyclic amines) is 1. The van der Waals surface area contributed by atoms with Crippen LogP contribution in [0.4, 0.5) is 8.78 Å². The SMILES string of the molecule is COc1ccc(CCN2CCCC(CN(C)C(=O)c3cc(F)cc(F)c3)C2)cc1. The molecular formula is C23H28F2N2O2. The summed E-state index contributed by atoms with van der Waals surface area (Å²) in [5.41, 5.74) is 1.32. The van der Waals surface area contributed by atoms with Gasteiger partial charge >= 0.3 is 0 Å². The fraction of sp³-hybridized carbons (Fsp3) is 0.435. The third kappa shape index (κ3) is 6.00. The standard InChI is InChI=1S/C23H28F2N2O2/c1-26(23(28)19-12-20(24)14-21(25)13-19)15-18-4-3-10-27(16-18)11-9-17-5-7-22(29-2)8-6-17/h5-8,12-14,18H,3-4,9-11,15-16H2,1-2H3. The van der Waals surface area contributed by atoms with Gasteiger partial charge in [-0.1, -0.05) is 12.1 Å². The number of carbonyl (C=O) groups is 1. The number of ether oxygens (including phenoxy) is 1. The Bertz CT molecular complexity index is 806. The van der Waals surface area contributed by atoms with E-state index in [0.29, 0.717) is 12.5 Å². The highest BCUT2D eigenvalue weighted by atomic mass is 19.1. The van der Waals surface area contributed by atoms with Crippen LogP contribution in [0, 0.1) is 17.6 Å². The Morgan fingerprint density at radius 1 is 1.17 bits per heavy atom. The van der Waals surface area contributed by atoms with Crippen molar-refractivity contribution in [1.29, 1.82) is 0 Å². The highest BCUT2D eigenvalue weighted by Gasteiger charge is 2.23. The summed E-state index contributed by atoms with van der Waals surface area (Å²) in [6, 6.07) is 11.1. The van der Waals surface area contributed by atoms with Crippen LogP contribution in [0.25, 0.3) is 0 Å². The Morgan fingerprint density at radius 3 is 2.52 bits per heavy atom. The van der Waals surface area contributed by atoms with E-state index in [1.807, 2.05) is 12.1 Å². The molecule has 3 rings (SSSR count). The van der Waals surface area contributed by atoms with Gasteiger partial charge in [0.25, 0.3) is 5.91 Å². The fourth-order valence-corrected chi connectivity index (χ4v) is 3.95. The van der Waals surface area contributed by atoms with E-state index < -0.39 is 11.6 Å². The summed E-state index contributed by atoms with van der Waals surface area (Å²) < 4.78 is 32.0. The van der Waals surface area contributed by atoms with Crippen molar-refractivity contribution in [1.82, 2.24) is 9.80 Å². The van der Waals surface area contributed by atoms with Crippen LogP contribution in [0.2, 0.25) is 0 Å². The van der Waals surface area contributed by atoms with Crippen LogP contribution in [0.5, 0.6) is 5.75 Å². The highest BCUT2D eigenvalue weighted by Crippen LogP contribution is 2.20. The van der Waals surface area contributed by atoms with Gasteiger partial charge in [0.1, 0.15) is 17.4 Å². The van der Waals surface area contributed by atoms with Gasteiger partial charge in [0.2, 0.25) is 0 Å². The summed E-state index contributed by atoms with van der Waals surface area (Å²) >= 11 is 0. The van der Waals surface area contributed by atoms with Crippen molar-refractivity contribution >= 4 is 5.91 Å². The van der Waals surface area contributed by atoms with Crippen molar-refractivity contribution in [2.45, 2.75) is 19.3 Å². The predicted octanol–water partition coefficient (Wildman–Crippen LogP) is 4.00. The third-order valence-electron chi connectivity index (χ3n) is 5.47. The molecule has 2 aromatic rings. The molecule has 29 heavy (non-hydrogen) atoms. The number of methoxy groups -OCH3 is 1. The van der Waals surface area contributed by atoms with Crippen LogP contribution in [0.3, 0.4) is 0 Å². The molecule has 0 aliphatic carbocycles. The maximum atomic E-state index is 13.4. The number of rotatable bonds is 7. The minimum absolute atomic E-state index is 0.0529. The van der Waals surface area contributed by atoms with E-state index in [1.54, 1.807) is 19.1 Å². The first-order valence-electron chi connectivity index (χ1n) is 10.0. The summed E-state index contributed by atoms with van der Waals surface area (Å²) in [6.45, 7) is 3.52. The first-order valence-corrected chi connectivity index (χ1v) is 10.0. The van der Waals surface area contributed by atoms with Gasteiger partial charge in [-0.25, -0.2) is 8.78 Å². The summed E-state index contributed by atoms with van der Waals surface area (Å²) in [5, 5.41) is 0. The van der Waals surface area contributed by atoms with Crippen LogP contribution in [-0.4, -0.2) is 56.0 Å². The molecule has 1 saturated heterocycles. The zero-order chi connectivity index (χ0) is 20.8. The van der Waals surface area contributed by atoms with Gasteiger partial charge in [0.15, 0.2) is 0 Å². The average Bonchev–Trinajstić information content (AvgIpc) is 2.71. The lowest BCUT2D eigenvalue weighted by molar-refractivity contribution is 0.0729. The molecule has 0 radical (unpaired) electrons. The molecule has 2 aromatic carbocycles. The second kappa shape index (κ2) is 9.83. The minimum atomic E-state index is -0.732. The first kappa shape index (κ1) is 21.2. The molecule has 1 aliphatic rings. The molecule has 1 aliphatic heterocycles. The van der Waals surface area contributed by atoms with Crippen LogP contribution >= 0.6 is 0 Å². The number of piperidine rings is 1. The van der Waals surface area contributed by atoms with E-state index >= 15 is 0 Å². The second-order valence-electron chi connectivity index (χ2n) is 7.75. The monoisotopic (exact) mass is 402 g/mol. The molecule has 6 heteroatoms. The Kier molecular flexibility index (Phi) is 7.20. The molecular weight excluding hydrogens is 374 g/mol. The topological polar surface area (TPSA) is 32.8 Å². The molecule has 0 aromatic heterocycles. The van der Waals surface area contributed by atoms with E-state index in [1.165, 1.54) is 5.56 Å². The Hall–Kier alpha value is -2.47. The second-order valence-corrected chi connectivity index (χ2v) is 7.75. The lowest BCUT2D eigenvalue weighted by atomic mass is 9.96. The zero-order valence-corrected chi connectivity index (χ0v) is 17.0. The lowest BCUT2D eigenvalue weighted by Crippen LogP contribution is -2.42. The maximum Gasteiger partial charge on any atom is 0.253 e. The van der Waals surface area contributed by atoms with E-state index in [2.05, 4.69) is 17.0 Å². The van der Waals surface area contributed by atoms with Gasteiger partial charge in [0, 0.05) is 38.3 Å². The number of hydrogen-bond acceptors (Lipinski definition) is 3. The number of amides is 1. The summed E-state index contributed by atoms with van der Waals surface area (Å²) in [4.78, 5) is 16.5. The zero-order valence-electron chi connectivity index (χ0n) is 17.0. The Morgan fingerprint density at radius 2 is 1.86 bits per heavy atom. The molecule has 1 amide bonds. The maximum absolute atomic E-state index is 13.4. The van der Waals surface area contributed by atoms with E-state index in [9.17, 15) is 13.6 Å². The largest absolute Gasteiger partial charge is 0.497 e. The molecule has 0 bridgehead atoms. The van der Waals surface area contributed by atoms with Crippen LogP contribution in [0.1, 0.15) is 28.8 Å². The lowest BCUT2D eigenvalue weighted by Gasteiger charge is -2.34. The summed E-state index contributed by atoms with van der Waals surface area (Å²) in [5.74, 6) is -0.600. The normalized spacial score (nSPS) is 17.2. The van der Waals surface area contributed by atoms with Crippen molar-refractivity contribution in [3.05, 3.63) is 65.2 Å². The molecule has 0 N–H and O–H groups in total. The van der Waals surface area contributed by atoms with Gasteiger partial charge in [-0.15, -0.1) is 0 Å². The molecule has 0 spiro atoms. The molecule has 1 atom stereocenters. The quantitative estimate of drug-likeness (QED) is 0.702. The van der Waals surface area contributed by atoms with Crippen molar-refractivity contribution in [3.63, 3.8) is 0 Å². The van der Waals surface area contributed by atoms with Crippen molar-refractivity contribution in [2.24, 2.45) is 5.92 Å². The summed E-state index contributed by atoms with van der Waals surface area (Å²) in [7, 11) is 3.36. The molecule has 156 valence electrons. The number of halogens is 2. The molecule has 0 saturated carbocycles. The predicted molar refractivity (Wildman–Crippen MR) is 109 cm³/mol. The molecule has 1 unspecified atom stereocenters. The van der Waals surface area contributed by atoms with Crippen molar-refractivity contribution < 1.29 is 18.3 Å². The molecule has 4 nitrogen and oxygen atoms in total. The third-order valence-corrected chi connectivity index (χ3v) is 5.47. The smallest absolute Gasteiger partial charge is 0.253 e. The van der Waals surface area contributed by atoms with Gasteiger partial charge in [0.05, 0.1) is 7.11 Å². The molecule has 1 heterocycles. The molecule has 1 fully saturated rings. The summed E-state index contributed by atoms with van der Waals surface area (Å²) in [6.07, 6.45) is 3.10. The Balaban J connectivity index is 1.51. The number of benzene rings is 2. The van der Waals surface area contributed by atoms with E-state index in [-0.39, 0.29) is 11.5 Å². The van der Waals surface area contributed by atoms with Crippen molar-refractivity contribution in [3.8, 4) is 5.75 Å². The van der Waals surface area contributed by atoms with Crippen LogP contribution in [-0.2, 0) is 6.42 Å². The number of nitrogens with zero attached hydrogens (tertiary/aromatic N) is 2. The minimum Gasteiger partial charge on any atom is -0.497 e. The fourth-order valence-electron chi connectivity index (χ4n) is 3.95. The van der Waals surface area contributed by atoms with E-state index in [4.69, 9.17) is 4.74 Å². The van der Waals surface area contributed by atoms with Gasteiger partial charge < -0.3 is 14.5 Å². The van der Waals surface area contributed by atoms with E-state index in [0.717, 1.165) is 62.8 Å². The average molecular weight is 402 g/mol. The van der Waals surface area contributed by atoms with Crippen LogP contribution in [0.15, 0.2) is 42.5 Å². The van der Waals surface area contributed by atoms with Gasteiger partial charge in [-0.05, 0) is 61.6 Å².